The number of nitrogens with one attached hydrogen (secondary N) is 1. The van der Waals surface area contributed by atoms with Crippen LogP contribution in [0.3, 0.4) is 0 Å². The highest BCUT2D eigenvalue weighted by molar-refractivity contribution is 7.99. The van der Waals surface area contributed by atoms with Crippen LogP contribution in [0.5, 0.6) is 0 Å². The average Bonchev–Trinajstić information content (AvgIpc) is 2.42. The van der Waals surface area contributed by atoms with Crippen LogP contribution in [0.15, 0.2) is 52.3 Å². The number of nitrogen functional groups attached to an aromatic ring is 1. The first-order chi connectivity index (χ1) is 9.58. The lowest BCUT2D eigenvalue weighted by Gasteiger charge is -2.08. The summed E-state index contributed by atoms with van der Waals surface area (Å²) in [4.78, 5) is 12.9. The van der Waals surface area contributed by atoms with Crippen molar-refractivity contribution in [3.8, 4) is 6.07 Å². The molecule has 1 amide bonds. The van der Waals surface area contributed by atoms with Crippen LogP contribution in [-0.2, 0) is 4.79 Å². The van der Waals surface area contributed by atoms with E-state index in [1.807, 2.05) is 24.3 Å². The van der Waals surface area contributed by atoms with Crippen LogP contribution in [0, 0.1) is 11.3 Å². The Labute approximate surface area is 121 Å². The van der Waals surface area contributed by atoms with Gasteiger partial charge in [-0.3, -0.25) is 4.79 Å². The van der Waals surface area contributed by atoms with Crippen LogP contribution in [-0.4, -0.2) is 5.91 Å². The first-order valence-corrected chi connectivity index (χ1v) is 6.75. The summed E-state index contributed by atoms with van der Waals surface area (Å²) in [5, 5.41) is 11.5. The lowest BCUT2D eigenvalue weighted by Crippen LogP contribution is -2.07. The molecule has 4 nitrogen and oxygen atoms in total. The van der Waals surface area contributed by atoms with Gasteiger partial charge in [-0.05, 0) is 36.4 Å². The van der Waals surface area contributed by atoms with E-state index in [-0.39, 0.29) is 5.91 Å². The highest BCUT2D eigenvalue weighted by atomic mass is 32.2. The number of nitriles is 1. The number of rotatable bonds is 3. The minimum Gasteiger partial charge on any atom is -0.397 e. The van der Waals surface area contributed by atoms with Crippen LogP contribution >= 0.6 is 11.8 Å². The van der Waals surface area contributed by atoms with E-state index in [9.17, 15) is 4.79 Å². The standard InChI is InChI=1S/C15H13N3OS/c1-10(19)18-15-6-5-13(8-14(15)17)20-12-4-2-3-11(7-12)9-16/h2-8H,17H2,1H3,(H,18,19). The molecular weight excluding hydrogens is 270 g/mol. The molecule has 0 heterocycles. The second-order valence-electron chi connectivity index (χ2n) is 4.17. The molecule has 0 aliphatic rings. The van der Waals surface area contributed by atoms with Crippen LogP contribution in [0.4, 0.5) is 11.4 Å². The predicted molar refractivity (Wildman–Crippen MR) is 80.4 cm³/mol. The summed E-state index contributed by atoms with van der Waals surface area (Å²) in [6, 6.07) is 14.9. The van der Waals surface area contributed by atoms with Gasteiger partial charge in [0.2, 0.25) is 5.91 Å². The molecule has 0 fully saturated rings. The van der Waals surface area contributed by atoms with Gasteiger partial charge in [0.15, 0.2) is 0 Å². The van der Waals surface area contributed by atoms with Gasteiger partial charge in [-0.1, -0.05) is 17.8 Å². The van der Waals surface area contributed by atoms with Crippen LogP contribution < -0.4 is 11.1 Å². The maximum absolute atomic E-state index is 11.0. The van der Waals surface area contributed by atoms with Crippen molar-refractivity contribution in [1.29, 1.82) is 5.26 Å². The summed E-state index contributed by atoms with van der Waals surface area (Å²) in [7, 11) is 0. The molecule has 20 heavy (non-hydrogen) atoms. The van der Waals surface area contributed by atoms with E-state index in [4.69, 9.17) is 11.0 Å². The molecule has 0 unspecified atom stereocenters. The Morgan fingerprint density at radius 2 is 2.00 bits per heavy atom. The molecular formula is C15H13N3OS. The van der Waals surface area contributed by atoms with E-state index in [0.29, 0.717) is 16.9 Å². The number of nitrogens with two attached hydrogens (primary N) is 1. The minimum absolute atomic E-state index is 0.154. The Kier molecular flexibility index (Phi) is 4.28. The third-order valence-corrected chi connectivity index (χ3v) is 3.51. The maximum atomic E-state index is 11.0. The van der Waals surface area contributed by atoms with E-state index in [1.54, 1.807) is 18.2 Å². The van der Waals surface area contributed by atoms with Gasteiger partial charge in [-0.15, -0.1) is 0 Å². The molecule has 2 rings (SSSR count). The quantitative estimate of drug-likeness (QED) is 0.847. The average molecular weight is 283 g/mol. The summed E-state index contributed by atoms with van der Waals surface area (Å²) < 4.78 is 0. The number of hydrogen-bond donors (Lipinski definition) is 2. The van der Waals surface area contributed by atoms with Crippen molar-refractivity contribution >= 4 is 29.0 Å². The fraction of sp³-hybridized carbons (Fsp3) is 0.0667. The minimum atomic E-state index is -0.154. The highest BCUT2D eigenvalue weighted by Gasteiger charge is 2.04. The van der Waals surface area contributed by atoms with Crippen LogP contribution in [0.2, 0.25) is 0 Å². The Balaban J connectivity index is 2.20. The fourth-order valence-corrected chi connectivity index (χ4v) is 2.60. The normalized spacial score (nSPS) is 9.80. The maximum Gasteiger partial charge on any atom is 0.221 e. The van der Waals surface area contributed by atoms with Gasteiger partial charge in [0, 0.05) is 16.7 Å². The Morgan fingerprint density at radius 3 is 2.65 bits per heavy atom. The van der Waals surface area contributed by atoms with Gasteiger partial charge >= 0.3 is 0 Å². The molecule has 0 aliphatic carbocycles. The van der Waals surface area contributed by atoms with Crippen LogP contribution in [0.25, 0.3) is 0 Å². The third-order valence-electron chi connectivity index (χ3n) is 2.53. The number of amides is 1. The smallest absolute Gasteiger partial charge is 0.221 e. The molecule has 0 saturated heterocycles. The highest BCUT2D eigenvalue weighted by Crippen LogP contribution is 2.32. The lowest BCUT2D eigenvalue weighted by molar-refractivity contribution is -0.114. The van der Waals surface area contributed by atoms with Gasteiger partial charge in [-0.2, -0.15) is 5.26 Å². The zero-order valence-corrected chi connectivity index (χ0v) is 11.7. The molecule has 0 spiro atoms. The molecule has 0 atom stereocenters. The largest absolute Gasteiger partial charge is 0.397 e. The summed E-state index contributed by atoms with van der Waals surface area (Å²) in [5.74, 6) is -0.154. The summed E-state index contributed by atoms with van der Waals surface area (Å²) in [6.07, 6.45) is 0. The van der Waals surface area contributed by atoms with Gasteiger partial charge in [-0.25, -0.2) is 0 Å². The number of nitrogens with zero attached hydrogens (tertiary/aromatic N) is 1. The molecule has 3 N–H and O–H groups in total. The zero-order chi connectivity index (χ0) is 14.5. The van der Waals surface area contributed by atoms with Gasteiger partial charge < -0.3 is 11.1 Å². The van der Waals surface area contributed by atoms with E-state index >= 15 is 0 Å². The molecule has 100 valence electrons. The van der Waals surface area contributed by atoms with Crippen LogP contribution in [0.1, 0.15) is 12.5 Å². The molecule has 0 radical (unpaired) electrons. The summed E-state index contributed by atoms with van der Waals surface area (Å²) in [5.41, 5.74) is 7.64. The Hall–Kier alpha value is -2.45. The summed E-state index contributed by atoms with van der Waals surface area (Å²) in [6.45, 7) is 1.44. The third kappa shape index (κ3) is 3.53. The second kappa shape index (κ2) is 6.13. The van der Waals surface area contributed by atoms with Crippen molar-refractivity contribution in [1.82, 2.24) is 0 Å². The first-order valence-electron chi connectivity index (χ1n) is 5.93. The number of carbonyl (C=O) groups excluding carboxylic acids is 1. The molecule has 0 saturated carbocycles. The Morgan fingerprint density at radius 1 is 1.25 bits per heavy atom. The van der Waals surface area contributed by atoms with E-state index < -0.39 is 0 Å². The fourth-order valence-electron chi connectivity index (χ4n) is 1.67. The molecule has 0 aromatic heterocycles. The Bertz CT molecular complexity index is 692. The number of anilines is 2. The van der Waals surface area contributed by atoms with Crippen molar-refractivity contribution in [3.63, 3.8) is 0 Å². The molecule has 2 aromatic rings. The van der Waals surface area contributed by atoms with Crippen molar-refractivity contribution in [2.75, 3.05) is 11.1 Å². The second-order valence-corrected chi connectivity index (χ2v) is 5.32. The van der Waals surface area contributed by atoms with Crippen molar-refractivity contribution in [2.24, 2.45) is 0 Å². The molecule has 5 heteroatoms. The van der Waals surface area contributed by atoms with E-state index in [1.165, 1.54) is 18.7 Å². The monoisotopic (exact) mass is 283 g/mol. The SMILES string of the molecule is CC(=O)Nc1ccc(Sc2cccc(C#N)c2)cc1N. The van der Waals surface area contributed by atoms with Gasteiger partial charge in [0.1, 0.15) is 0 Å². The number of benzene rings is 2. The van der Waals surface area contributed by atoms with Crippen molar-refractivity contribution < 1.29 is 4.79 Å². The van der Waals surface area contributed by atoms with E-state index in [2.05, 4.69) is 11.4 Å². The van der Waals surface area contributed by atoms with Crippen molar-refractivity contribution in [2.45, 2.75) is 16.7 Å². The lowest BCUT2D eigenvalue weighted by atomic mass is 10.2. The summed E-state index contributed by atoms with van der Waals surface area (Å²) >= 11 is 1.52. The molecule has 0 aliphatic heterocycles. The predicted octanol–water partition coefficient (Wildman–Crippen LogP) is 3.25. The molecule has 2 aromatic carbocycles. The van der Waals surface area contributed by atoms with E-state index in [0.717, 1.165) is 9.79 Å². The van der Waals surface area contributed by atoms with Gasteiger partial charge in [0.25, 0.3) is 0 Å². The van der Waals surface area contributed by atoms with Crippen molar-refractivity contribution in [3.05, 3.63) is 48.0 Å². The number of carbonyl (C=O) groups is 1. The molecule has 0 bridgehead atoms. The van der Waals surface area contributed by atoms with Gasteiger partial charge in [0.05, 0.1) is 23.0 Å². The zero-order valence-electron chi connectivity index (χ0n) is 10.9. The number of hydrogen-bond acceptors (Lipinski definition) is 4. The topological polar surface area (TPSA) is 78.9 Å². The first kappa shape index (κ1) is 14.0.